The first-order valence-electron chi connectivity index (χ1n) is 7.39. The van der Waals surface area contributed by atoms with Crippen molar-refractivity contribution in [1.29, 1.82) is 0 Å². The summed E-state index contributed by atoms with van der Waals surface area (Å²) in [4.78, 5) is 26.1. The maximum Gasteiger partial charge on any atom is 0.339 e. The molecule has 0 unspecified atom stereocenters. The molecule has 0 aliphatic heterocycles. The molecule has 0 saturated carbocycles. The molecule has 0 N–H and O–H groups in total. The van der Waals surface area contributed by atoms with Gasteiger partial charge in [-0.25, -0.2) is 9.18 Å². The molecular formula is C18H17BrFNO3. The van der Waals surface area contributed by atoms with Crippen LogP contribution in [0.5, 0.6) is 0 Å². The molecule has 126 valence electrons. The average Bonchev–Trinajstić information content (AvgIpc) is 2.53. The lowest BCUT2D eigenvalue weighted by Gasteiger charge is -2.26. The van der Waals surface area contributed by atoms with E-state index in [-0.39, 0.29) is 22.0 Å². The van der Waals surface area contributed by atoms with Crippen molar-refractivity contribution in [3.63, 3.8) is 0 Å². The fraction of sp³-hybridized carbons (Fsp3) is 0.222. The smallest absolute Gasteiger partial charge is 0.339 e. The van der Waals surface area contributed by atoms with Crippen molar-refractivity contribution < 1.29 is 18.7 Å². The molecule has 2 aromatic rings. The number of nitrogens with zero attached hydrogens (tertiary/aromatic N) is 1. The molecule has 4 nitrogen and oxygen atoms in total. The van der Waals surface area contributed by atoms with Crippen LogP contribution in [-0.2, 0) is 9.53 Å². The van der Waals surface area contributed by atoms with Gasteiger partial charge in [-0.3, -0.25) is 4.79 Å². The highest BCUT2D eigenvalue weighted by atomic mass is 79.9. The van der Waals surface area contributed by atoms with Crippen LogP contribution in [0.2, 0.25) is 0 Å². The molecule has 0 aromatic heterocycles. The van der Waals surface area contributed by atoms with Crippen LogP contribution in [0.15, 0.2) is 53.0 Å². The van der Waals surface area contributed by atoms with Gasteiger partial charge in [-0.1, -0.05) is 18.2 Å². The maximum absolute atomic E-state index is 13.1. The number of halogens is 2. The van der Waals surface area contributed by atoms with Crippen molar-refractivity contribution in [3.8, 4) is 0 Å². The third-order valence-corrected chi connectivity index (χ3v) is 3.95. The van der Waals surface area contributed by atoms with E-state index in [9.17, 15) is 14.0 Å². The first kappa shape index (κ1) is 18.1. The summed E-state index contributed by atoms with van der Waals surface area (Å²) in [5, 5.41) is 0. The quantitative estimate of drug-likeness (QED) is 0.715. The van der Waals surface area contributed by atoms with Gasteiger partial charge >= 0.3 is 5.97 Å². The van der Waals surface area contributed by atoms with Gasteiger partial charge < -0.3 is 9.64 Å². The van der Waals surface area contributed by atoms with Crippen molar-refractivity contribution in [1.82, 2.24) is 0 Å². The summed E-state index contributed by atoms with van der Waals surface area (Å²) in [5.74, 6) is -1.49. The Morgan fingerprint density at radius 2 is 1.83 bits per heavy atom. The molecule has 24 heavy (non-hydrogen) atoms. The van der Waals surface area contributed by atoms with Gasteiger partial charge in [0, 0.05) is 16.2 Å². The highest BCUT2D eigenvalue weighted by Crippen LogP contribution is 2.20. The Labute approximate surface area is 148 Å². The number of esters is 1. The number of carbonyl (C=O) groups excluding carboxylic acids is 2. The Morgan fingerprint density at radius 3 is 2.42 bits per heavy atom. The molecule has 0 aliphatic rings. The van der Waals surface area contributed by atoms with Gasteiger partial charge in [0.15, 0.2) is 6.61 Å². The van der Waals surface area contributed by atoms with Gasteiger partial charge in [-0.15, -0.1) is 0 Å². The number of rotatable bonds is 5. The lowest BCUT2D eigenvalue weighted by Crippen LogP contribution is -2.39. The summed E-state index contributed by atoms with van der Waals surface area (Å²) < 4.78 is 18.4. The van der Waals surface area contributed by atoms with E-state index >= 15 is 0 Å². The predicted octanol–water partition coefficient (Wildman–Crippen LogP) is 4.19. The fourth-order valence-electron chi connectivity index (χ4n) is 2.25. The summed E-state index contributed by atoms with van der Waals surface area (Å²) >= 11 is 3.11. The normalized spacial score (nSPS) is 10.5. The maximum atomic E-state index is 13.1. The zero-order valence-electron chi connectivity index (χ0n) is 13.3. The molecule has 0 atom stereocenters. The molecule has 0 fully saturated rings. The minimum Gasteiger partial charge on any atom is -0.452 e. The third-order valence-electron chi connectivity index (χ3n) is 3.30. The molecular weight excluding hydrogens is 377 g/mol. The van der Waals surface area contributed by atoms with Crippen LogP contribution in [0.25, 0.3) is 0 Å². The second kappa shape index (κ2) is 8.06. The van der Waals surface area contributed by atoms with Gasteiger partial charge in [0.05, 0.1) is 5.56 Å². The van der Waals surface area contributed by atoms with Crippen LogP contribution in [-0.4, -0.2) is 24.5 Å². The predicted molar refractivity (Wildman–Crippen MR) is 93.4 cm³/mol. The molecule has 0 aliphatic carbocycles. The van der Waals surface area contributed by atoms with Crippen LogP contribution in [0.4, 0.5) is 10.1 Å². The van der Waals surface area contributed by atoms with Crippen molar-refractivity contribution in [2.45, 2.75) is 19.9 Å². The number of para-hydroxylation sites is 1. The number of benzene rings is 2. The minimum absolute atomic E-state index is 0.0869. The van der Waals surface area contributed by atoms with E-state index in [0.29, 0.717) is 0 Å². The largest absolute Gasteiger partial charge is 0.452 e. The summed E-state index contributed by atoms with van der Waals surface area (Å²) in [5.41, 5.74) is 0.900. The first-order chi connectivity index (χ1) is 11.4. The molecule has 0 saturated heterocycles. The number of hydrogen-bond acceptors (Lipinski definition) is 3. The Morgan fingerprint density at radius 1 is 1.17 bits per heavy atom. The fourth-order valence-corrected chi connectivity index (χ4v) is 2.76. The molecule has 2 rings (SSSR count). The second-order valence-electron chi connectivity index (χ2n) is 5.39. The number of hydrogen-bond donors (Lipinski definition) is 0. The summed E-state index contributed by atoms with van der Waals surface area (Å²) in [6.07, 6.45) is 0. The second-order valence-corrected chi connectivity index (χ2v) is 6.25. The first-order valence-corrected chi connectivity index (χ1v) is 8.18. The highest BCUT2D eigenvalue weighted by Gasteiger charge is 2.21. The van der Waals surface area contributed by atoms with E-state index in [1.165, 1.54) is 12.1 Å². The number of carbonyl (C=O) groups is 2. The van der Waals surface area contributed by atoms with Crippen molar-refractivity contribution >= 4 is 33.5 Å². The van der Waals surface area contributed by atoms with Crippen LogP contribution in [0.1, 0.15) is 24.2 Å². The SMILES string of the molecule is CC(C)N(C(=O)COC(=O)c1ccc(F)cc1Br)c1ccccc1. The van der Waals surface area contributed by atoms with Crippen LogP contribution in [0.3, 0.4) is 0 Å². The molecule has 0 radical (unpaired) electrons. The van der Waals surface area contributed by atoms with Crippen LogP contribution >= 0.6 is 15.9 Å². The Hall–Kier alpha value is -2.21. The molecule has 0 heterocycles. The molecule has 0 spiro atoms. The number of anilines is 1. The van der Waals surface area contributed by atoms with Crippen LogP contribution in [0, 0.1) is 5.82 Å². The van der Waals surface area contributed by atoms with Crippen molar-refractivity contribution in [3.05, 3.63) is 64.4 Å². The Bertz CT molecular complexity index is 734. The van der Waals surface area contributed by atoms with E-state index in [2.05, 4.69) is 15.9 Å². The summed E-state index contributed by atoms with van der Waals surface area (Å²) in [6, 6.07) is 12.7. The topological polar surface area (TPSA) is 46.6 Å². The lowest BCUT2D eigenvalue weighted by atomic mass is 10.2. The number of ether oxygens (including phenoxy) is 1. The summed E-state index contributed by atoms with van der Waals surface area (Å²) in [7, 11) is 0. The average molecular weight is 394 g/mol. The van der Waals surface area contributed by atoms with Gasteiger partial charge in [0.1, 0.15) is 5.82 Å². The molecule has 1 amide bonds. The van der Waals surface area contributed by atoms with Crippen LogP contribution < -0.4 is 4.90 Å². The third kappa shape index (κ3) is 4.41. The number of amides is 1. The van der Waals surface area contributed by atoms with E-state index in [4.69, 9.17) is 4.74 Å². The van der Waals surface area contributed by atoms with Gasteiger partial charge in [0.25, 0.3) is 5.91 Å². The monoisotopic (exact) mass is 393 g/mol. The zero-order chi connectivity index (χ0) is 17.7. The van der Waals surface area contributed by atoms with Crippen molar-refractivity contribution in [2.75, 3.05) is 11.5 Å². The van der Waals surface area contributed by atoms with Gasteiger partial charge in [-0.2, -0.15) is 0 Å². The Balaban J connectivity index is 2.07. The molecule has 6 heteroatoms. The van der Waals surface area contributed by atoms with Gasteiger partial charge in [-0.05, 0) is 60.1 Å². The zero-order valence-corrected chi connectivity index (χ0v) is 14.9. The van der Waals surface area contributed by atoms with E-state index in [0.717, 1.165) is 11.8 Å². The van der Waals surface area contributed by atoms with E-state index in [1.54, 1.807) is 4.90 Å². The van der Waals surface area contributed by atoms with Gasteiger partial charge in [0.2, 0.25) is 0 Å². The standard InChI is InChI=1S/C18H17BrFNO3/c1-12(2)21(14-6-4-3-5-7-14)17(22)11-24-18(23)15-9-8-13(20)10-16(15)19/h3-10,12H,11H2,1-2H3. The van der Waals surface area contributed by atoms with Crippen molar-refractivity contribution in [2.24, 2.45) is 0 Å². The lowest BCUT2D eigenvalue weighted by molar-refractivity contribution is -0.122. The molecule has 2 aromatic carbocycles. The highest BCUT2D eigenvalue weighted by molar-refractivity contribution is 9.10. The van der Waals surface area contributed by atoms with E-state index < -0.39 is 18.4 Å². The minimum atomic E-state index is -0.688. The molecule has 0 bridgehead atoms. The Kier molecular flexibility index (Phi) is 6.09. The summed E-state index contributed by atoms with van der Waals surface area (Å²) in [6.45, 7) is 3.36. The van der Waals surface area contributed by atoms with E-state index in [1.807, 2.05) is 44.2 Å².